The lowest BCUT2D eigenvalue weighted by atomic mass is 10.0. The van der Waals surface area contributed by atoms with Crippen LogP contribution in [0.1, 0.15) is 17.7 Å². The van der Waals surface area contributed by atoms with E-state index in [2.05, 4.69) is 155 Å². The monoisotopic (exact) mass is 655 g/mol. The van der Waals surface area contributed by atoms with Crippen LogP contribution in [-0.4, -0.2) is 9.55 Å². The summed E-state index contributed by atoms with van der Waals surface area (Å²) in [4.78, 5) is 7.50. The topological polar surface area (TPSA) is 34.2 Å². The van der Waals surface area contributed by atoms with E-state index < -0.39 is 0 Å². The smallest absolute Gasteiger partial charge is 0.227 e. The van der Waals surface area contributed by atoms with Crippen LogP contribution in [0.25, 0.3) is 67.1 Å². The van der Waals surface area contributed by atoms with Crippen molar-refractivity contribution in [1.82, 2.24) is 9.55 Å². The van der Waals surface area contributed by atoms with Crippen molar-refractivity contribution in [2.45, 2.75) is 12.8 Å². The average Bonchev–Trinajstić information content (AvgIpc) is 3.80. The van der Waals surface area contributed by atoms with Crippen molar-refractivity contribution in [3.05, 3.63) is 181 Å². The molecule has 10 rings (SSSR count). The molecule has 0 bridgehead atoms. The third-order valence-electron chi connectivity index (χ3n) is 10.1. The first-order valence-corrected chi connectivity index (χ1v) is 17.5. The largest absolute Gasteiger partial charge is 0.435 e. The summed E-state index contributed by atoms with van der Waals surface area (Å²) in [6, 6.07) is 57.8. The van der Waals surface area contributed by atoms with Gasteiger partial charge in [0.2, 0.25) is 5.89 Å². The van der Waals surface area contributed by atoms with Gasteiger partial charge in [-0.05, 0) is 102 Å². The molecule has 0 amide bonds. The second kappa shape index (κ2) is 12.0. The number of para-hydroxylation sites is 1. The molecule has 51 heavy (non-hydrogen) atoms. The second-order valence-corrected chi connectivity index (χ2v) is 13.1. The maximum absolute atomic E-state index is 6.62. The van der Waals surface area contributed by atoms with E-state index in [9.17, 15) is 0 Å². The Bertz CT molecular complexity index is 2720. The molecule has 9 aromatic rings. The Balaban J connectivity index is 1.17. The molecule has 0 spiro atoms. The molecule has 1 aliphatic carbocycles. The highest BCUT2D eigenvalue weighted by molar-refractivity contribution is 6.11. The van der Waals surface area contributed by atoms with E-state index in [0.29, 0.717) is 5.89 Å². The fraction of sp³-hybridized carbons (Fsp3) is 0.0426. The quantitative estimate of drug-likeness (QED) is 0.179. The number of rotatable bonds is 6. The molecular formula is C47H33N3O. The molecule has 0 fully saturated rings. The molecule has 0 N–H and O–H groups in total. The zero-order valence-corrected chi connectivity index (χ0v) is 27.9. The Morgan fingerprint density at radius 2 is 1.22 bits per heavy atom. The first-order chi connectivity index (χ1) is 25.3. The number of aryl methyl sites for hydroxylation is 1. The summed E-state index contributed by atoms with van der Waals surface area (Å²) in [6.07, 6.45) is 6.71. The number of oxazole rings is 1. The Hall–Kier alpha value is -6.65. The zero-order valence-electron chi connectivity index (χ0n) is 27.9. The van der Waals surface area contributed by atoms with Crippen LogP contribution >= 0.6 is 0 Å². The van der Waals surface area contributed by atoms with E-state index in [4.69, 9.17) is 9.40 Å². The van der Waals surface area contributed by atoms with Crippen molar-refractivity contribution in [2.24, 2.45) is 0 Å². The SMILES string of the molecule is C1=Cc2c(c3ccccc3n2-c2ccc(N(c3ccc(-c4ccccc4)cc3)c3cc4ccccc4c4oc(-c5ccccc5)nc34)cc2)CC1. The van der Waals surface area contributed by atoms with Crippen LogP contribution in [0.5, 0.6) is 0 Å². The van der Waals surface area contributed by atoms with Gasteiger partial charge in [0, 0.05) is 39.1 Å². The molecule has 1 aliphatic rings. The summed E-state index contributed by atoms with van der Waals surface area (Å²) < 4.78 is 9.03. The third kappa shape index (κ3) is 4.95. The minimum Gasteiger partial charge on any atom is -0.435 e. The van der Waals surface area contributed by atoms with Crippen molar-refractivity contribution in [3.8, 4) is 28.3 Å². The number of hydrogen-bond acceptors (Lipinski definition) is 3. The van der Waals surface area contributed by atoms with Crippen LogP contribution in [-0.2, 0) is 6.42 Å². The first kappa shape index (κ1) is 29.3. The van der Waals surface area contributed by atoms with Crippen LogP contribution in [0.15, 0.2) is 174 Å². The highest BCUT2D eigenvalue weighted by Gasteiger charge is 2.23. The van der Waals surface area contributed by atoms with Gasteiger partial charge in [-0.25, -0.2) is 4.98 Å². The van der Waals surface area contributed by atoms with Crippen LogP contribution in [0.2, 0.25) is 0 Å². The van der Waals surface area contributed by atoms with Crippen molar-refractivity contribution >= 4 is 55.9 Å². The second-order valence-electron chi connectivity index (χ2n) is 13.1. The predicted octanol–water partition coefficient (Wildman–Crippen LogP) is 12.7. The predicted molar refractivity (Wildman–Crippen MR) is 211 cm³/mol. The number of hydrogen-bond donors (Lipinski definition) is 0. The number of allylic oxidation sites excluding steroid dienone is 1. The van der Waals surface area contributed by atoms with Crippen LogP contribution in [0.4, 0.5) is 17.1 Å². The third-order valence-corrected chi connectivity index (χ3v) is 10.1. The Kier molecular flexibility index (Phi) is 6.91. The lowest BCUT2D eigenvalue weighted by Gasteiger charge is -2.26. The summed E-state index contributed by atoms with van der Waals surface area (Å²) in [5.41, 5.74) is 13.0. The van der Waals surface area contributed by atoms with E-state index in [0.717, 1.165) is 63.0 Å². The van der Waals surface area contributed by atoms with Gasteiger partial charge in [-0.2, -0.15) is 0 Å². The Labute approximate surface area is 296 Å². The number of aromatic nitrogens is 2. The molecule has 4 heteroatoms. The van der Waals surface area contributed by atoms with Crippen LogP contribution < -0.4 is 4.90 Å². The average molecular weight is 656 g/mol. The molecule has 2 aromatic heterocycles. The van der Waals surface area contributed by atoms with Gasteiger partial charge in [0.15, 0.2) is 5.58 Å². The zero-order chi connectivity index (χ0) is 33.7. The molecule has 0 aliphatic heterocycles. The summed E-state index contributed by atoms with van der Waals surface area (Å²) in [5, 5.41) is 3.47. The van der Waals surface area contributed by atoms with E-state index in [1.807, 2.05) is 30.3 Å². The summed E-state index contributed by atoms with van der Waals surface area (Å²) >= 11 is 0. The van der Waals surface area contributed by atoms with Gasteiger partial charge in [0.1, 0.15) is 5.52 Å². The maximum atomic E-state index is 6.62. The molecule has 0 unspecified atom stereocenters. The fourth-order valence-corrected chi connectivity index (χ4v) is 7.67. The highest BCUT2D eigenvalue weighted by atomic mass is 16.3. The molecular weight excluding hydrogens is 623 g/mol. The molecule has 2 heterocycles. The molecule has 0 saturated heterocycles. The highest BCUT2D eigenvalue weighted by Crippen LogP contribution is 2.44. The standard InChI is InChI=1S/C47H33N3O/c1-3-13-32(14-4-1)33-23-25-36(26-24-33)49(37-27-29-38(30-28-37)50-42-21-11-9-19-40(42)41-20-10-12-22-43(41)50)44-31-35-17-7-8-18-39(35)46-45(44)48-47(51-46)34-15-5-2-6-16-34/h1-9,11-19,21-31H,10,20H2. The molecule has 7 aromatic carbocycles. The van der Waals surface area contributed by atoms with Gasteiger partial charge in [0.05, 0.1) is 11.2 Å². The molecule has 242 valence electrons. The van der Waals surface area contributed by atoms with Crippen molar-refractivity contribution in [3.63, 3.8) is 0 Å². The van der Waals surface area contributed by atoms with Gasteiger partial charge in [0.25, 0.3) is 0 Å². The lowest BCUT2D eigenvalue weighted by Crippen LogP contribution is -2.11. The minimum absolute atomic E-state index is 0.607. The fourth-order valence-electron chi connectivity index (χ4n) is 7.67. The molecule has 0 saturated carbocycles. The summed E-state index contributed by atoms with van der Waals surface area (Å²) in [6.45, 7) is 0. The van der Waals surface area contributed by atoms with Crippen LogP contribution in [0, 0.1) is 0 Å². The number of anilines is 3. The number of benzene rings is 7. The van der Waals surface area contributed by atoms with E-state index in [1.54, 1.807) is 0 Å². The van der Waals surface area contributed by atoms with Crippen molar-refractivity contribution < 1.29 is 4.42 Å². The number of nitrogens with zero attached hydrogens (tertiary/aromatic N) is 3. The van der Waals surface area contributed by atoms with Crippen LogP contribution in [0.3, 0.4) is 0 Å². The van der Waals surface area contributed by atoms with Gasteiger partial charge in [-0.3, -0.25) is 0 Å². The van der Waals surface area contributed by atoms with E-state index in [1.165, 1.54) is 33.3 Å². The van der Waals surface area contributed by atoms with E-state index >= 15 is 0 Å². The van der Waals surface area contributed by atoms with E-state index in [-0.39, 0.29) is 0 Å². The van der Waals surface area contributed by atoms with Gasteiger partial charge in [-0.15, -0.1) is 0 Å². The summed E-state index contributed by atoms with van der Waals surface area (Å²) in [5.74, 6) is 0.607. The van der Waals surface area contributed by atoms with Gasteiger partial charge >= 0.3 is 0 Å². The Morgan fingerprint density at radius 3 is 1.98 bits per heavy atom. The first-order valence-electron chi connectivity index (χ1n) is 17.5. The Morgan fingerprint density at radius 1 is 0.588 bits per heavy atom. The normalized spacial score (nSPS) is 12.5. The molecule has 4 nitrogen and oxygen atoms in total. The van der Waals surface area contributed by atoms with Crippen molar-refractivity contribution in [2.75, 3.05) is 4.90 Å². The minimum atomic E-state index is 0.607. The molecule has 0 radical (unpaired) electrons. The van der Waals surface area contributed by atoms with Crippen molar-refractivity contribution in [1.29, 1.82) is 0 Å². The number of fused-ring (bicyclic) bond motifs is 6. The van der Waals surface area contributed by atoms with Gasteiger partial charge < -0.3 is 13.9 Å². The molecule has 0 atom stereocenters. The van der Waals surface area contributed by atoms with Gasteiger partial charge in [-0.1, -0.05) is 109 Å². The summed E-state index contributed by atoms with van der Waals surface area (Å²) in [7, 11) is 0. The maximum Gasteiger partial charge on any atom is 0.227 e. The lowest BCUT2D eigenvalue weighted by molar-refractivity contribution is 0.623.